The highest BCUT2D eigenvalue weighted by molar-refractivity contribution is 7.71. The minimum Gasteiger partial charge on any atom is -0.497 e. The van der Waals surface area contributed by atoms with E-state index in [9.17, 15) is 0 Å². The predicted octanol–water partition coefficient (Wildman–Crippen LogP) is 2.70. The molecule has 0 saturated carbocycles. The topological polar surface area (TPSA) is 55.2 Å². The standard InChI is InChI=1S/C13H16N4OS/c1-4-12-15-16-13(19)17(12)14-8-10-5-6-11(18-3)7-9(10)2/h5-8H,4H2,1-3H3,(H,16,19)/b14-8-. The highest BCUT2D eigenvalue weighted by Crippen LogP contribution is 2.15. The van der Waals surface area contributed by atoms with E-state index in [-0.39, 0.29) is 0 Å². The van der Waals surface area contributed by atoms with Gasteiger partial charge in [-0.3, -0.25) is 5.10 Å². The van der Waals surface area contributed by atoms with Crippen molar-refractivity contribution in [3.8, 4) is 5.75 Å². The van der Waals surface area contributed by atoms with Crippen molar-refractivity contribution >= 4 is 18.4 Å². The molecule has 6 heteroatoms. The van der Waals surface area contributed by atoms with E-state index < -0.39 is 0 Å². The molecule has 2 rings (SSSR count). The molecule has 0 radical (unpaired) electrons. The van der Waals surface area contributed by atoms with Crippen LogP contribution in [0.3, 0.4) is 0 Å². The second-order valence-electron chi connectivity index (χ2n) is 4.08. The van der Waals surface area contributed by atoms with Crippen LogP contribution >= 0.6 is 12.2 Å². The summed E-state index contributed by atoms with van der Waals surface area (Å²) in [6, 6.07) is 5.84. The molecular formula is C13H16N4OS. The Morgan fingerprint density at radius 1 is 1.53 bits per heavy atom. The second-order valence-corrected chi connectivity index (χ2v) is 4.46. The monoisotopic (exact) mass is 276 g/mol. The highest BCUT2D eigenvalue weighted by atomic mass is 32.1. The Kier molecular flexibility index (Phi) is 4.11. The summed E-state index contributed by atoms with van der Waals surface area (Å²) in [6.45, 7) is 4.02. The van der Waals surface area contributed by atoms with Crippen LogP contribution in [0.1, 0.15) is 23.9 Å². The van der Waals surface area contributed by atoms with Crippen molar-refractivity contribution in [1.29, 1.82) is 0 Å². The third kappa shape index (κ3) is 2.90. The Morgan fingerprint density at radius 3 is 2.95 bits per heavy atom. The van der Waals surface area contributed by atoms with Crippen LogP contribution in [0.4, 0.5) is 0 Å². The van der Waals surface area contributed by atoms with Gasteiger partial charge in [-0.1, -0.05) is 6.92 Å². The molecule has 0 amide bonds. The maximum Gasteiger partial charge on any atom is 0.216 e. The minimum atomic E-state index is 0.499. The van der Waals surface area contributed by atoms with Crippen LogP contribution in [0.15, 0.2) is 23.3 Å². The Labute approximate surface area is 116 Å². The molecular weight excluding hydrogens is 260 g/mol. The molecule has 0 aliphatic rings. The van der Waals surface area contributed by atoms with Crippen molar-refractivity contribution in [2.45, 2.75) is 20.3 Å². The number of methoxy groups -OCH3 is 1. The maximum atomic E-state index is 5.17. The van der Waals surface area contributed by atoms with Gasteiger partial charge in [-0.05, 0) is 48.5 Å². The van der Waals surface area contributed by atoms with Gasteiger partial charge in [0.25, 0.3) is 0 Å². The fraction of sp³-hybridized carbons (Fsp3) is 0.308. The molecule has 0 spiro atoms. The summed E-state index contributed by atoms with van der Waals surface area (Å²) in [5.41, 5.74) is 2.11. The maximum absolute atomic E-state index is 5.17. The number of rotatable bonds is 4. The molecule has 1 aromatic carbocycles. The smallest absolute Gasteiger partial charge is 0.216 e. The van der Waals surface area contributed by atoms with E-state index in [1.807, 2.05) is 32.0 Å². The number of benzene rings is 1. The minimum absolute atomic E-state index is 0.499. The van der Waals surface area contributed by atoms with Gasteiger partial charge >= 0.3 is 0 Å². The molecule has 0 unspecified atom stereocenters. The van der Waals surface area contributed by atoms with Gasteiger partial charge in [0.2, 0.25) is 4.77 Å². The largest absolute Gasteiger partial charge is 0.497 e. The Balaban J connectivity index is 2.32. The number of H-pyrrole nitrogens is 1. The number of aryl methyl sites for hydroxylation is 2. The third-order valence-corrected chi connectivity index (χ3v) is 3.09. The molecule has 0 saturated heterocycles. The summed E-state index contributed by atoms with van der Waals surface area (Å²) in [5.74, 6) is 1.65. The van der Waals surface area contributed by atoms with E-state index in [0.29, 0.717) is 4.77 Å². The number of hydrogen-bond donors (Lipinski definition) is 1. The highest BCUT2D eigenvalue weighted by Gasteiger charge is 2.02. The first-order valence-electron chi connectivity index (χ1n) is 6.01. The number of nitrogens with one attached hydrogen (secondary N) is 1. The van der Waals surface area contributed by atoms with Crippen LogP contribution in [0.25, 0.3) is 0 Å². The fourth-order valence-electron chi connectivity index (χ4n) is 1.71. The van der Waals surface area contributed by atoms with Crippen LogP contribution < -0.4 is 4.74 Å². The molecule has 1 aromatic heterocycles. The average molecular weight is 276 g/mol. The van der Waals surface area contributed by atoms with Crippen molar-refractivity contribution < 1.29 is 4.74 Å². The van der Waals surface area contributed by atoms with Crippen LogP contribution in [0.5, 0.6) is 5.75 Å². The predicted molar refractivity (Wildman–Crippen MR) is 77.5 cm³/mol. The van der Waals surface area contributed by atoms with E-state index in [0.717, 1.165) is 29.1 Å². The van der Waals surface area contributed by atoms with Crippen molar-refractivity contribution in [3.05, 3.63) is 39.9 Å². The number of aromatic amines is 1. The number of nitrogens with zero attached hydrogens (tertiary/aromatic N) is 3. The summed E-state index contributed by atoms with van der Waals surface area (Å²) in [4.78, 5) is 0. The molecule has 19 heavy (non-hydrogen) atoms. The summed E-state index contributed by atoms with van der Waals surface area (Å²) >= 11 is 5.14. The number of ether oxygens (including phenoxy) is 1. The Bertz CT molecular complexity index is 657. The normalized spacial score (nSPS) is 11.1. The molecule has 0 bridgehead atoms. The third-order valence-electron chi connectivity index (χ3n) is 2.82. The molecule has 1 N–H and O–H groups in total. The SMILES string of the molecule is CCc1n[nH]c(=S)n1/N=C\c1ccc(OC)cc1C. The Morgan fingerprint density at radius 2 is 2.32 bits per heavy atom. The lowest BCUT2D eigenvalue weighted by atomic mass is 10.1. The van der Waals surface area contributed by atoms with Crippen LogP contribution in [-0.2, 0) is 6.42 Å². The van der Waals surface area contributed by atoms with Crippen LogP contribution in [0, 0.1) is 11.7 Å². The van der Waals surface area contributed by atoms with Gasteiger partial charge in [0.15, 0.2) is 5.82 Å². The lowest BCUT2D eigenvalue weighted by molar-refractivity contribution is 0.414. The zero-order valence-corrected chi connectivity index (χ0v) is 12.0. The Hall–Kier alpha value is -1.95. The summed E-state index contributed by atoms with van der Waals surface area (Å²) in [7, 11) is 1.65. The van der Waals surface area contributed by atoms with E-state index in [1.54, 1.807) is 18.0 Å². The average Bonchev–Trinajstić information content (AvgIpc) is 2.78. The van der Waals surface area contributed by atoms with E-state index in [2.05, 4.69) is 15.3 Å². The molecule has 1 heterocycles. The van der Waals surface area contributed by atoms with Gasteiger partial charge < -0.3 is 4.74 Å². The zero-order chi connectivity index (χ0) is 13.8. The second kappa shape index (κ2) is 5.79. The zero-order valence-electron chi connectivity index (χ0n) is 11.2. The van der Waals surface area contributed by atoms with Gasteiger partial charge in [-0.2, -0.15) is 14.9 Å². The first-order chi connectivity index (χ1) is 9.15. The van der Waals surface area contributed by atoms with Gasteiger partial charge in [-0.15, -0.1) is 0 Å². The molecule has 0 aliphatic heterocycles. The van der Waals surface area contributed by atoms with Gasteiger partial charge in [0.1, 0.15) is 5.75 Å². The molecule has 5 nitrogen and oxygen atoms in total. The summed E-state index contributed by atoms with van der Waals surface area (Å²) in [5, 5.41) is 11.2. The van der Waals surface area contributed by atoms with Crippen molar-refractivity contribution in [3.63, 3.8) is 0 Å². The molecule has 0 atom stereocenters. The van der Waals surface area contributed by atoms with E-state index in [4.69, 9.17) is 17.0 Å². The first-order valence-corrected chi connectivity index (χ1v) is 6.41. The summed E-state index contributed by atoms with van der Waals surface area (Å²) in [6.07, 6.45) is 2.55. The van der Waals surface area contributed by atoms with Gasteiger partial charge in [-0.25, -0.2) is 0 Å². The molecule has 100 valence electrons. The number of aromatic nitrogens is 3. The quantitative estimate of drug-likeness (QED) is 0.690. The lowest BCUT2D eigenvalue weighted by Gasteiger charge is -2.04. The van der Waals surface area contributed by atoms with Gasteiger partial charge in [0.05, 0.1) is 13.3 Å². The van der Waals surface area contributed by atoms with Crippen LogP contribution in [0.2, 0.25) is 0 Å². The fourth-order valence-corrected chi connectivity index (χ4v) is 1.91. The number of hydrogen-bond acceptors (Lipinski definition) is 4. The van der Waals surface area contributed by atoms with E-state index in [1.165, 1.54) is 0 Å². The first kappa shape index (κ1) is 13.5. The van der Waals surface area contributed by atoms with Crippen molar-refractivity contribution in [2.24, 2.45) is 5.10 Å². The van der Waals surface area contributed by atoms with Crippen molar-refractivity contribution in [2.75, 3.05) is 7.11 Å². The van der Waals surface area contributed by atoms with Crippen molar-refractivity contribution in [1.82, 2.24) is 14.9 Å². The molecule has 2 aromatic rings. The molecule has 0 fully saturated rings. The molecule has 0 aliphatic carbocycles. The summed E-state index contributed by atoms with van der Waals surface area (Å²) < 4.78 is 7.31. The van der Waals surface area contributed by atoms with E-state index >= 15 is 0 Å². The van der Waals surface area contributed by atoms with Crippen LogP contribution in [-0.4, -0.2) is 28.2 Å². The lowest BCUT2D eigenvalue weighted by Crippen LogP contribution is -1.98. The van der Waals surface area contributed by atoms with Gasteiger partial charge in [0, 0.05) is 6.42 Å².